The zero-order chi connectivity index (χ0) is 15.4. The topological polar surface area (TPSA) is 88.1 Å². The summed E-state index contributed by atoms with van der Waals surface area (Å²) in [6.45, 7) is 1.14. The number of benzene rings is 1. The lowest BCUT2D eigenvalue weighted by Gasteiger charge is -2.33. The van der Waals surface area contributed by atoms with Gasteiger partial charge < -0.3 is 24.8 Å². The molecule has 1 aliphatic heterocycles. The molecule has 114 valence electrons. The molecule has 0 spiro atoms. The molecular weight excluding hydrogens is 276 g/mol. The zero-order valence-electron chi connectivity index (χ0n) is 12.0. The Kier molecular flexibility index (Phi) is 4.64. The number of carbonyl (C=O) groups excluding carboxylic acids is 1. The number of carboxylic acid groups (broad SMARTS) is 1. The lowest BCUT2D eigenvalue weighted by molar-refractivity contribution is -0.142. The number of hydrogen-bond donors (Lipinski definition) is 2. The number of ether oxygens (including phenoxy) is 2. The Morgan fingerprint density at radius 1 is 1.33 bits per heavy atom. The van der Waals surface area contributed by atoms with Crippen molar-refractivity contribution in [1.29, 1.82) is 0 Å². The Morgan fingerprint density at radius 3 is 2.71 bits per heavy atom. The maximum atomic E-state index is 12.6. The molecule has 1 aromatic rings. The van der Waals surface area contributed by atoms with Crippen molar-refractivity contribution in [3.8, 4) is 11.5 Å². The first-order valence-electron chi connectivity index (χ1n) is 6.55. The van der Waals surface area contributed by atoms with Crippen molar-refractivity contribution < 1.29 is 24.2 Å². The van der Waals surface area contributed by atoms with Crippen molar-refractivity contribution in [2.75, 3.05) is 33.9 Å². The number of carboxylic acids is 1. The van der Waals surface area contributed by atoms with Gasteiger partial charge in [-0.2, -0.15) is 0 Å². The first-order chi connectivity index (χ1) is 10.1. The van der Waals surface area contributed by atoms with Gasteiger partial charge in [-0.05, 0) is 12.1 Å². The third-order valence-corrected chi connectivity index (χ3v) is 3.43. The lowest BCUT2D eigenvalue weighted by atomic mass is 10.1. The molecular formula is C14H18N2O5. The van der Waals surface area contributed by atoms with Crippen molar-refractivity contribution in [3.63, 3.8) is 0 Å². The maximum absolute atomic E-state index is 12.6. The van der Waals surface area contributed by atoms with E-state index in [2.05, 4.69) is 5.32 Å². The second-order valence-corrected chi connectivity index (χ2v) is 4.62. The predicted molar refractivity (Wildman–Crippen MR) is 74.9 cm³/mol. The Bertz CT molecular complexity index is 546. The van der Waals surface area contributed by atoms with Crippen molar-refractivity contribution in [2.45, 2.75) is 6.04 Å². The fraction of sp³-hybridized carbons (Fsp3) is 0.429. The molecule has 7 nitrogen and oxygen atoms in total. The van der Waals surface area contributed by atoms with E-state index in [4.69, 9.17) is 9.47 Å². The summed E-state index contributed by atoms with van der Waals surface area (Å²) >= 11 is 0. The van der Waals surface area contributed by atoms with Crippen molar-refractivity contribution >= 4 is 11.9 Å². The van der Waals surface area contributed by atoms with Gasteiger partial charge in [0.1, 0.15) is 17.5 Å². The highest BCUT2D eigenvalue weighted by Gasteiger charge is 2.33. The highest BCUT2D eigenvalue weighted by Crippen LogP contribution is 2.26. The van der Waals surface area contributed by atoms with Crippen LogP contribution in [0.3, 0.4) is 0 Å². The number of methoxy groups -OCH3 is 2. The molecule has 1 saturated heterocycles. The average molecular weight is 294 g/mol. The number of hydrogen-bond acceptors (Lipinski definition) is 5. The van der Waals surface area contributed by atoms with Gasteiger partial charge in [0.05, 0.1) is 19.8 Å². The van der Waals surface area contributed by atoms with Crippen molar-refractivity contribution in [1.82, 2.24) is 10.2 Å². The van der Waals surface area contributed by atoms with Crippen LogP contribution in [0.5, 0.6) is 11.5 Å². The number of piperazine rings is 1. The lowest BCUT2D eigenvalue weighted by Crippen LogP contribution is -2.57. The second-order valence-electron chi connectivity index (χ2n) is 4.62. The van der Waals surface area contributed by atoms with E-state index in [0.717, 1.165) is 0 Å². The fourth-order valence-corrected chi connectivity index (χ4v) is 2.30. The number of carbonyl (C=O) groups is 2. The van der Waals surface area contributed by atoms with Crippen molar-refractivity contribution in [3.05, 3.63) is 23.8 Å². The average Bonchev–Trinajstić information content (AvgIpc) is 2.53. The van der Waals surface area contributed by atoms with Gasteiger partial charge in [0.2, 0.25) is 0 Å². The monoisotopic (exact) mass is 294 g/mol. The van der Waals surface area contributed by atoms with Gasteiger partial charge in [0, 0.05) is 25.7 Å². The molecule has 2 rings (SSSR count). The van der Waals surface area contributed by atoms with E-state index in [-0.39, 0.29) is 12.5 Å². The molecule has 2 N–H and O–H groups in total. The van der Waals surface area contributed by atoms with Crippen LogP contribution in [0.2, 0.25) is 0 Å². The quantitative estimate of drug-likeness (QED) is 0.825. The van der Waals surface area contributed by atoms with E-state index < -0.39 is 12.0 Å². The van der Waals surface area contributed by atoms with Crippen LogP contribution in [0.15, 0.2) is 18.2 Å². The molecule has 1 fully saturated rings. The Balaban J connectivity index is 2.31. The van der Waals surface area contributed by atoms with Gasteiger partial charge in [-0.25, -0.2) is 4.79 Å². The predicted octanol–water partition coefficient (Wildman–Crippen LogP) is 0.202. The van der Waals surface area contributed by atoms with Crippen LogP contribution in [0.1, 0.15) is 10.4 Å². The highest BCUT2D eigenvalue weighted by atomic mass is 16.5. The van der Waals surface area contributed by atoms with Gasteiger partial charge >= 0.3 is 5.97 Å². The van der Waals surface area contributed by atoms with Gasteiger partial charge in [0.15, 0.2) is 0 Å². The number of amides is 1. The molecule has 1 amide bonds. The summed E-state index contributed by atoms with van der Waals surface area (Å²) in [7, 11) is 2.98. The van der Waals surface area contributed by atoms with Crippen molar-refractivity contribution in [2.24, 2.45) is 0 Å². The molecule has 1 unspecified atom stereocenters. The molecule has 21 heavy (non-hydrogen) atoms. The van der Waals surface area contributed by atoms with Gasteiger partial charge in [-0.15, -0.1) is 0 Å². The molecule has 1 atom stereocenters. The minimum Gasteiger partial charge on any atom is -0.497 e. The molecule has 0 saturated carbocycles. The summed E-state index contributed by atoms with van der Waals surface area (Å²) < 4.78 is 10.3. The van der Waals surface area contributed by atoms with Crippen LogP contribution in [0.25, 0.3) is 0 Å². The van der Waals surface area contributed by atoms with E-state index in [0.29, 0.717) is 30.2 Å². The molecule has 0 bridgehead atoms. The molecule has 1 aliphatic rings. The Labute approximate surface area is 122 Å². The van der Waals surface area contributed by atoms with Crippen LogP contribution in [0, 0.1) is 0 Å². The van der Waals surface area contributed by atoms with Crippen LogP contribution in [0.4, 0.5) is 0 Å². The third kappa shape index (κ3) is 3.08. The summed E-state index contributed by atoms with van der Waals surface area (Å²) in [6, 6.07) is 3.96. The number of nitrogens with one attached hydrogen (secondary N) is 1. The molecule has 0 radical (unpaired) electrons. The van der Waals surface area contributed by atoms with Gasteiger partial charge in [0.25, 0.3) is 5.91 Å². The first-order valence-corrected chi connectivity index (χ1v) is 6.55. The van der Waals surface area contributed by atoms with E-state index in [1.165, 1.54) is 19.1 Å². The SMILES string of the molecule is COc1ccc(C(=O)N2CCNCC2C(=O)O)c(OC)c1. The summed E-state index contributed by atoms with van der Waals surface area (Å²) in [5.74, 6) is -0.452. The second kappa shape index (κ2) is 6.45. The Hall–Kier alpha value is -2.28. The number of nitrogens with zero attached hydrogens (tertiary/aromatic N) is 1. The number of rotatable bonds is 4. The largest absolute Gasteiger partial charge is 0.497 e. The van der Waals surface area contributed by atoms with Crippen LogP contribution in [-0.4, -0.2) is 61.8 Å². The summed E-state index contributed by atoms with van der Waals surface area (Å²) in [6.07, 6.45) is 0. The zero-order valence-corrected chi connectivity index (χ0v) is 12.0. The minimum absolute atomic E-state index is 0.236. The fourth-order valence-electron chi connectivity index (χ4n) is 2.30. The van der Waals surface area contributed by atoms with E-state index in [9.17, 15) is 14.7 Å². The smallest absolute Gasteiger partial charge is 0.327 e. The summed E-state index contributed by atoms with van der Waals surface area (Å²) in [5.41, 5.74) is 0.325. The molecule has 1 aromatic carbocycles. The van der Waals surface area contributed by atoms with Gasteiger partial charge in [-0.3, -0.25) is 4.79 Å². The molecule has 7 heteroatoms. The first kappa shape index (κ1) is 15.1. The minimum atomic E-state index is -1.02. The molecule has 0 aliphatic carbocycles. The van der Waals surface area contributed by atoms with Crippen LogP contribution >= 0.6 is 0 Å². The van der Waals surface area contributed by atoms with E-state index >= 15 is 0 Å². The third-order valence-electron chi connectivity index (χ3n) is 3.43. The normalized spacial score (nSPS) is 18.2. The van der Waals surface area contributed by atoms with Crippen LogP contribution < -0.4 is 14.8 Å². The van der Waals surface area contributed by atoms with Gasteiger partial charge in [-0.1, -0.05) is 0 Å². The summed E-state index contributed by atoms with van der Waals surface area (Å²) in [5, 5.41) is 12.2. The van der Waals surface area contributed by atoms with Crippen LogP contribution in [-0.2, 0) is 4.79 Å². The summed E-state index contributed by atoms with van der Waals surface area (Å²) in [4.78, 5) is 25.2. The Morgan fingerprint density at radius 2 is 2.10 bits per heavy atom. The van der Waals surface area contributed by atoms with E-state index in [1.807, 2.05) is 0 Å². The highest BCUT2D eigenvalue weighted by molar-refractivity contribution is 5.99. The molecule has 1 heterocycles. The standard InChI is InChI=1S/C14H18N2O5/c1-20-9-3-4-10(12(7-9)21-2)13(17)16-6-5-15-8-11(16)14(18)19/h3-4,7,11,15H,5-6,8H2,1-2H3,(H,18,19). The van der Waals surface area contributed by atoms with E-state index in [1.54, 1.807) is 18.2 Å². The molecule has 0 aromatic heterocycles. The number of aliphatic carboxylic acids is 1. The maximum Gasteiger partial charge on any atom is 0.327 e.